The zero-order valence-corrected chi connectivity index (χ0v) is 19.0. The highest BCUT2D eigenvalue weighted by Crippen LogP contribution is 2.27. The second kappa shape index (κ2) is 11.1. The van der Waals surface area contributed by atoms with E-state index >= 15 is 0 Å². The molecule has 3 nitrogen and oxygen atoms in total. The molecule has 158 valence electrons. The largest absolute Gasteiger partial charge is 0.382 e. The summed E-state index contributed by atoms with van der Waals surface area (Å²) in [7, 11) is 0. The molecule has 1 unspecified atom stereocenters. The molecule has 30 heavy (non-hydrogen) atoms. The molecule has 0 aliphatic carbocycles. The summed E-state index contributed by atoms with van der Waals surface area (Å²) < 4.78 is 0. The highest BCUT2D eigenvalue weighted by molar-refractivity contribution is 6.31. The Labute approximate surface area is 185 Å². The lowest BCUT2D eigenvalue weighted by Crippen LogP contribution is -2.25. The fraction of sp³-hybridized carbons (Fsp3) is 0.346. The maximum atomic E-state index is 6.24. The van der Waals surface area contributed by atoms with Crippen molar-refractivity contribution in [2.75, 3.05) is 25.0 Å². The molecule has 3 aromatic rings. The molecule has 4 heteroatoms. The van der Waals surface area contributed by atoms with E-state index < -0.39 is 0 Å². The van der Waals surface area contributed by atoms with Crippen LogP contribution in [0.3, 0.4) is 0 Å². The van der Waals surface area contributed by atoms with E-state index in [0.717, 1.165) is 53.9 Å². The van der Waals surface area contributed by atoms with Crippen LogP contribution in [0.1, 0.15) is 44.9 Å². The van der Waals surface area contributed by atoms with Gasteiger partial charge in [0.15, 0.2) is 0 Å². The smallest absolute Gasteiger partial charge is 0.0744 e. The van der Waals surface area contributed by atoms with Gasteiger partial charge in [-0.1, -0.05) is 61.9 Å². The van der Waals surface area contributed by atoms with Gasteiger partial charge in [0.2, 0.25) is 0 Å². The molecule has 1 N–H and O–H groups in total. The summed E-state index contributed by atoms with van der Waals surface area (Å²) in [6.07, 6.45) is 6.47. The van der Waals surface area contributed by atoms with Crippen LogP contribution in [0.15, 0.2) is 54.6 Å². The van der Waals surface area contributed by atoms with Gasteiger partial charge in [-0.2, -0.15) is 0 Å². The van der Waals surface area contributed by atoms with Crippen molar-refractivity contribution in [1.29, 1.82) is 0 Å². The zero-order chi connectivity index (χ0) is 21.3. The van der Waals surface area contributed by atoms with Crippen molar-refractivity contribution in [3.63, 3.8) is 0 Å². The van der Waals surface area contributed by atoms with Gasteiger partial charge in [-0.3, -0.25) is 0 Å². The summed E-state index contributed by atoms with van der Waals surface area (Å²) in [5.41, 5.74) is 4.10. The Hall–Kier alpha value is -2.36. The van der Waals surface area contributed by atoms with Crippen LogP contribution in [-0.4, -0.2) is 35.6 Å². The second-order valence-electron chi connectivity index (χ2n) is 7.71. The van der Waals surface area contributed by atoms with E-state index in [-0.39, 0.29) is 0 Å². The van der Waals surface area contributed by atoms with Crippen molar-refractivity contribution in [3.05, 3.63) is 70.9 Å². The Morgan fingerprint density at radius 3 is 2.53 bits per heavy atom. The van der Waals surface area contributed by atoms with Gasteiger partial charge in [-0.05, 0) is 75.3 Å². The van der Waals surface area contributed by atoms with E-state index in [4.69, 9.17) is 16.6 Å². The van der Waals surface area contributed by atoms with E-state index in [1.807, 2.05) is 30.3 Å². The topological polar surface area (TPSA) is 28.2 Å². The molecule has 1 aromatic heterocycles. The average Bonchev–Trinajstić information content (AvgIpc) is 2.75. The van der Waals surface area contributed by atoms with Crippen LogP contribution >= 0.6 is 11.6 Å². The number of nitrogens with one attached hydrogen (secondary N) is 1. The highest BCUT2D eigenvalue weighted by Gasteiger charge is 2.09. The number of aromatic nitrogens is 1. The number of halogens is 1. The minimum absolute atomic E-state index is 0.382. The maximum Gasteiger partial charge on any atom is 0.0744 e. The van der Waals surface area contributed by atoms with Crippen molar-refractivity contribution < 1.29 is 0 Å². The van der Waals surface area contributed by atoms with Gasteiger partial charge in [0.25, 0.3) is 0 Å². The number of nitrogens with zero attached hydrogens (tertiary/aromatic N) is 2. The lowest BCUT2D eigenvalue weighted by Gasteiger charge is -2.21. The molecular formula is C26H32ClN3. The van der Waals surface area contributed by atoms with Gasteiger partial charge >= 0.3 is 0 Å². The lowest BCUT2D eigenvalue weighted by atomic mass is 10.1. The normalized spacial score (nSPS) is 12.7. The Morgan fingerprint density at radius 2 is 1.80 bits per heavy atom. The van der Waals surface area contributed by atoms with E-state index in [1.54, 1.807) is 0 Å². The molecule has 2 aromatic carbocycles. The van der Waals surface area contributed by atoms with Crippen molar-refractivity contribution in [2.24, 2.45) is 0 Å². The van der Waals surface area contributed by atoms with Crippen LogP contribution in [0.2, 0.25) is 5.02 Å². The van der Waals surface area contributed by atoms with Gasteiger partial charge in [0, 0.05) is 22.1 Å². The molecule has 0 saturated heterocycles. The van der Waals surface area contributed by atoms with Crippen LogP contribution in [0.5, 0.6) is 0 Å². The van der Waals surface area contributed by atoms with E-state index in [1.165, 1.54) is 6.42 Å². The summed E-state index contributed by atoms with van der Waals surface area (Å²) in [5.74, 6) is 0. The van der Waals surface area contributed by atoms with Gasteiger partial charge < -0.3 is 10.2 Å². The zero-order valence-electron chi connectivity index (χ0n) is 18.2. The van der Waals surface area contributed by atoms with Gasteiger partial charge in [0.1, 0.15) is 0 Å². The van der Waals surface area contributed by atoms with Crippen molar-refractivity contribution in [2.45, 2.75) is 39.7 Å². The number of benzene rings is 2. The average molecular weight is 422 g/mol. The Kier molecular flexibility index (Phi) is 8.30. The van der Waals surface area contributed by atoms with Crippen molar-refractivity contribution in [1.82, 2.24) is 9.88 Å². The maximum absolute atomic E-state index is 6.24. The number of fused-ring (bicyclic) bond motifs is 1. The second-order valence-corrected chi connectivity index (χ2v) is 8.15. The third kappa shape index (κ3) is 6.32. The van der Waals surface area contributed by atoms with Crippen LogP contribution < -0.4 is 5.32 Å². The molecule has 0 bridgehead atoms. The van der Waals surface area contributed by atoms with Crippen LogP contribution in [0.25, 0.3) is 23.1 Å². The molecule has 1 atom stereocenters. The first kappa shape index (κ1) is 22.3. The predicted octanol–water partition coefficient (Wildman–Crippen LogP) is 6.98. The number of hydrogen-bond acceptors (Lipinski definition) is 3. The third-order valence-corrected chi connectivity index (χ3v) is 5.68. The van der Waals surface area contributed by atoms with Crippen molar-refractivity contribution >= 4 is 40.3 Å². The number of anilines is 1. The van der Waals surface area contributed by atoms with Gasteiger partial charge in [0.05, 0.1) is 11.2 Å². The Balaban J connectivity index is 1.79. The fourth-order valence-electron chi connectivity index (χ4n) is 3.67. The first-order valence-electron chi connectivity index (χ1n) is 10.9. The molecule has 0 radical (unpaired) electrons. The Morgan fingerprint density at radius 1 is 1.03 bits per heavy atom. The van der Waals surface area contributed by atoms with E-state index in [2.05, 4.69) is 67.4 Å². The molecule has 0 fully saturated rings. The number of rotatable bonds is 10. The molecule has 0 saturated carbocycles. The van der Waals surface area contributed by atoms with Crippen LogP contribution in [0.4, 0.5) is 5.69 Å². The van der Waals surface area contributed by atoms with Crippen LogP contribution in [-0.2, 0) is 0 Å². The number of pyridine rings is 1. The first-order valence-corrected chi connectivity index (χ1v) is 11.3. The monoisotopic (exact) mass is 421 g/mol. The molecule has 0 spiro atoms. The summed E-state index contributed by atoms with van der Waals surface area (Å²) in [6, 6.07) is 18.7. The van der Waals surface area contributed by atoms with Gasteiger partial charge in [-0.25, -0.2) is 4.98 Å². The standard InChI is InChI=1S/C26H32ClN3/c1-4-30(5-2)17-9-10-20(3)28-26-19-23(15-13-21-11-7-6-8-12-21)29-25-18-22(27)14-16-24(25)26/h6-8,11-16,18-20H,4-5,9-10,17H2,1-3H3,(H,28,29)/b15-13+. The third-order valence-electron chi connectivity index (χ3n) is 5.45. The summed E-state index contributed by atoms with van der Waals surface area (Å²) in [4.78, 5) is 7.28. The Bertz CT molecular complexity index is 965. The molecule has 1 heterocycles. The molecular weight excluding hydrogens is 390 g/mol. The fourth-order valence-corrected chi connectivity index (χ4v) is 3.84. The minimum atomic E-state index is 0.382. The summed E-state index contributed by atoms with van der Waals surface area (Å²) >= 11 is 6.24. The molecule has 0 aliphatic heterocycles. The van der Waals surface area contributed by atoms with Crippen molar-refractivity contribution in [3.8, 4) is 0 Å². The molecule has 0 amide bonds. The van der Waals surface area contributed by atoms with Gasteiger partial charge in [-0.15, -0.1) is 0 Å². The molecule has 0 aliphatic rings. The summed E-state index contributed by atoms with van der Waals surface area (Å²) in [6.45, 7) is 10.1. The number of hydrogen-bond donors (Lipinski definition) is 1. The quantitative estimate of drug-likeness (QED) is 0.382. The lowest BCUT2D eigenvalue weighted by molar-refractivity contribution is 0.295. The first-order chi connectivity index (χ1) is 14.6. The minimum Gasteiger partial charge on any atom is -0.382 e. The molecule has 3 rings (SSSR count). The van der Waals surface area contributed by atoms with E-state index in [0.29, 0.717) is 11.1 Å². The SMILES string of the molecule is CCN(CC)CCCC(C)Nc1cc(/C=C/c2ccccc2)nc2cc(Cl)ccc12. The van der Waals surface area contributed by atoms with Crippen LogP contribution in [0, 0.1) is 0 Å². The summed E-state index contributed by atoms with van der Waals surface area (Å²) in [5, 5.41) is 5.53. The van der Waals surface area contributed by atoms with E-state index in [9.17, 15) is 0 Å². The predicted molar refractivity (Wildman–Crippen MR) is 132 cm³/mol. The highest BCUT2D eigenvalue weighted by atomic mass is 35.5.